The van der Waals surface area contributed by atoms with Crippen LogP contribution >= 0.6 is 0 Å². The fourth-order valence-electron chi connectivity index (χ4n) is 2.17. The maximum absolute atomic E-state index is 12.1. The number of carbonyl (C=O) groups excluding carboxylic acids is 3. The highest BCUT2D eigenvalue weighted by atomic mass is 16.6. The molecule has 0 aromatic heterocycles. The molecule has 0 unspecified atom stereocenters. The SMILES string of the molecule is CCOC(=O)COc1ccc(C=NNC(=O)c2cccc(NC(C)=O)c2)cc1. The quantitative estimate of drug-likeness (QED) is 0.413. The summed E-state index contributed by atoms with van der Waals surface area (Å²) >= 11 is 0. The van der Waals surface area contributed by atoms with Crippen LogP contribution in [0.15, 0.2) is 53.6 Å². The topological polar surface area (TPSA) is 106 Å². The summed E-state index contributed by atoms with van der Waals surface area (Å²) in [6.07, 6.45) is 1.48. The Kier molecular flexibility index (Phi) is 7.71. The molecule has 0 aliphatic rings. The lowest BCUT2D eigenvalue weighted by atomic mass is 10.2. The molecule has 2 amide bonds. The summed E-state index contributed by atoms with van der Waals surface area (Å²) in [5.41, 5.74) is 4.05. The average Bonchev–Trinajstić information content (AvgIpc) is 2.67. The number of rotatable bonds is 8. The third kappa shape index (κ3) is 6.91. The van der Waals surface area contributed by atoms with Crippen LogP contribution in [0, 0.1) is 0 Å². The normalized spacial score (nSPS) is 10.4. The molecule has 8 heteroatoms. The predicted molar refractivity (Wildman–Crippen MR) is 104 cm³/mol. The minimum absolute atomic E-state index is 0.158. The van der Waals surface area contributed by atoms with E-state index in [9.17, 15) is 14.4 Å². The van der Waals surface area contributed by atoms with Crippen LogP contribution in [0.4, 0.5) is 5.69 Å². The summed E-state index contributed by atoms with van der Waals surface area (Å²) in [5, 5.41) is 6.52. The van der Waals surface area contributed by atoms with Crippen LogP contribution < -0.4 is 15.5 Å². The molecule has 0 atom stereocenters. The number of hydrazone groups is 1. The summed E-state index contributed by atoms with van der Waals surface area (Å²) in [6.45, 7) is 3.27. The number of ether oxygens (including phenoxy) is 2. The third-order valence-corrected chi connectivity index (χ3v) is 3.37. The van der Waals surface area contributed by atoms with E-state index in [0.717, 1.165) is 5.56 Å². The van der Waals surface area contributed by atoms with Crippen molar-refractivity contribution in [2.75, 3.05) is 18.5 Å². The van der Waals surface area contributed by atoms with E-state index < -0.39 is 11.9 Å². The van der Waals surface area contributed by atoms with E-state index in [1.807, 2.05) is 0 Å². The highest BCUT2D eigenvalue weighted by Gasteiger charge is 2.06. The van der Waals surface area contributed by atoms with E-state index >= 15 is 0 Å². The van der Waals surface area contributed by atoms with Crippen molar-refractivity contribution in [3.63, 3.8) is 0 Å². The van der Waals surface area contributed by atoms with Gasteiger partial charge in [0, 0.05) is 18.2 Å². The number of esters is 1. The lowest BCUT2D eigenvalue weighted by Crippen LogP contribution is -2.18. The van der Waals surface area contributed by atoms with Crippen molar-refractivity contribution in [1.82, 2.24) is 5.43 Å². The van der Waals surface area contributed by atoms with Gasteiger partial charge in [-0.25, -0.2) is 10.2 Å². The first kappa shape index (κ1) is 20.6. The van der Waals surface area contributed by atoms with Crippen molar-refractivity contribution in [3.05, 3.63) is 59.7 Å². The maximum Gasteiger partial charge on any atom is 0.344 e. The van der Waals surface area contributed by atoms with Gasteiger partial charge in [0.25, 0.3) is 5.91 Å². The number of hydrogen-bond acceptors (Lipinski definition) is 6. The van der Waals surface area contributed by atoms with Gasteiger partial charge in [0.05, 0.1) is 12.8 Å². The van der Waals surface area contributed by atoms with Crippen molar-refractivity contribution >= 4 is 29.7 Å². The van der Waals surface area contributed by atoms with E-state index in [1.165, 1.54) is 13.1 Å². The molecule has 2 aromatic carbocycles. The Morgan fingerprint density at radius 2 is 1.86 bits per heavy atom. The standard InChI is InChI=1S/C20H21N3O5/c1-3-27-19(25)13-28-18-9-7-15(8-10-18)12-21-23-20(26)16-5-4-6-17(11-16)22-14(2)24/h4-12H,3,13H2,1-2H3,(H,22,24)(H,23,26). The molecule has 0 radical (unpaired) electrons. The lowest BCUT2D eigenvalue weighted by molar-refractivity contribution is -0.145. The highest BCUT2D eigenvalue weighted by molar-refractivity contribution is 5.97. The van der Waals surface area contributed by atoms with Crippen molar-refractivity contribution in [1.29, 1.82) is 0 Å². The fraction of sp³-hybridized carbons (Fsp3) is 0.200. The molecule has 2 rings (SSSR count). The smallest absolute Gasteiger partial charge is 0.344 e. The van der Waals surface area contributed by atoms with Gasteiger partial charge in [-0.1, -0.05) is 6.07 Å². The van der Waals surface area contributed by atoms with Crippen molar-refractivity contribution in [3.8, 4) is 5.75 Å². The van der Waals surface area contributed by atoms with E-state index in [0.29, 0.717) is 23.6 Å². The first-order valence-electron chi connectivity index (χ1n) is 8.57. The highest BCUT2D eigenvalue weighted by Crippen LogP contribution is 2.12. The minimum atomic E-state index is -0.432. The first-order valence-corrected chi connectivity index (χ1v) is 8.57. The molecular weight excluding hydrogens is 362 g/mol. The number of anilines is 1. The lowest BCUT2D eigenvalue weighted by Gasteiger charge is -2.06. The Morgan fingerprint density at radius 1 is 1.11 bits per heavy atom. The van der Waals surface area contributed by atoms with Gasteiger partial charge in [-0.2, -0.15) is 5.10 Å². The van der Waals surface area contributed by atoms with E-state index in [1.54, 1.807) is 55.5 Å². The molecule has 0 spiro atoms. The molecule has 0 fully saturated rings. The number of benzene rings is 2. The molecule has 0 aliphatic heterocycles. The largest absolute Gasteiger partial charge is 0.482 e. The maximum atomic E-state index is 12.1. The van der Waals surface area contributed by atoms with Gasteiger partial charge >= 0.3 is 5.97 Å². The molecule has 28 heavy (non-hydrogen) atoms. The van der Waals surface area contributed by atoms with E-state index in [-0.39, 0.29) is 12.5 Å². The summed E-state index contributed by atoms with van der Waals surface area (Å²) in [7, 11) is 0. The molecular formula is C20H21N3O5. The first-order chi connectivity index (χ1) is 13.5. The molecule has 2 aromatic rings. The van der Waals surface area contributed by atoms with Gasteiger partial charge in [-0.05, 0) is 55.0 Å². The van der Waals surface area contributed by atoms with Crippen LogP contribution in [0.1, 0.15) is 29.8 Å². The van der Waals surface area contributed by atoms with E-state index in [2.05, 4.69) is 15.8 Å². The van der Waals surface area contributed by atoms with Gasteiger partial charge < -0.3 is 14.8 Å². The summed E-state index contributed by atoms with van der Waals surface area (Å²) < 4.78 is 10.1. The molecule has 0 bridgehead atoms. The van der Waals surface area contributed by atoms with Crippen LogP contribution in [-0.4, -0.2) is 37.2 Å². The van der Waals surface area contributed by atoms with Crippen LogP contribution in [-0.2, 0) is 14.3 Å². The van der Waals surface area contributed by atoms with Crippen LogP contribution in [0.25, 0.3) is 0 Å². The zero-order chi connectivity index (χ0) is 20.4. The second-order valence-corrected chi connectivity index (χ2v) is 5.62. The molecule has 0 heterocycles. The zero-order valence-corrected chi connectivity index (χ0v) is 15.6. The van der Waals surface area contributed by atoms with Crippen molar-refractivity contribution in [2.45, 2.75) is 13.8 Å². The van der Waals surface area contributed by atoms with Crippen LogP contribution in [0.2, 0.25) is 0 Å². The third-order valence-electron chi connectivity index (χ3n) is 3.37. The van der Waals surface area contributed by atoms with Gasteiger partial charge in [0.1, 0.15) is 5.75 Å². The van der Waals surface area contributed by atoms with Gasteiger partial charge in [0.15, 0.2) is 6.61 Å². The van der Waals surface area contributed by atoms with Crippen molar-refractivity contribution < 1.29 is 23.9 Å². The predicted octanol–water partition coefficient (Wildman–Crippen LogP) is 2.35. The number of hydrogen-bond donors (Lipinski definition) is 2. The number of nitrogens with one attached hydrogen (secondary N) is 2. The Bertz CT molecular complexity index is 862. The monoisotopic (exact) mass is 383 g/mol. The van der Waals surface area contributed by atoms with Gasteiger partial charge in [-0.15, -0.1) is 0 Å². The van der Waals surface area contributed by atoms with E-state index in [4.69, 9.17) is 9.47 Å². The Morgan fingerprint density at radius 3 is 2.54 bits per heavy atom. The summed E-state index contributed by atoms with van der Waals surface area (Å²) in [5.74, 6) is -0.537. The van der Waals surface area contributed by atoms with Gasteiger partial charge in [-0.3, -0.25) is 9.59 Å². The Hall–Kier alpha value is -3.68. The van der Waals surface area contributed by atoms with Crippen LogP contribution in [0.5, 0.6) is 5.75 Å². The molecule has 0 saturated heterocycles. The fourth-order valence-corrected chi connectivity index (χ4v) is 2.17. The molecule has 0 aliphatic carbocycles. The Labute approximate surface area is 162 Å². The minimum Gasteiger partial charge on any atom is -0.482 e. The van der Waals surface area contributed by atoms with Gasteiger partial charge in [0.2, 0.25) is 5.91 Å². The number of nitrogens with zero attached hydrogens (tertiary/aromatic N) is 1. The number of carbonyl (C=O) groups is 3. The Balaban J connectivity index is 1.87. The molecule has 146 valence electrons. The second kappa shape index (κ2) is 10.5. The average molecular weight is 383 g/mol. The summed E-state index contributed by atoms with van der Waals surface area (Å²) in [4.78, 5) is 34.5. The zero-order valence-electron chi connectivity index (χ0n) is 15.6. The molecule has 2 N–H and O–H groups in total. The molecule has 8 nitrogen and oxygen atoms in total. The summed E-state index contributed by atoms with van der Waals surface area (Å²) in [6, 6.07) is 13.3. The second-order valence-electron chi connectivity index (χ2n) is 5.62. The number of amides is 2. The van der Waals surface area contributed by atoms with Crippen molar-refractivity contribution in [2.24, 2.45) is 5.10 Å². The molecule has 0 saturated carbocycles. The van der Waals surface area contributed by atoms with Crippen LogP contribution in [0.3, 0.4) is 0 Å².